The first-order valence-corrected chi connectivity index (χ1v) is 7.48. The number of carbonyl (C=O) groups is 1. The fourth-order valence-corrected chi connectivity index (χ4v) is 3.69. The minimum Gasteiger partial charge on any atom is -0.393 e. The van der Waals surface area contributed by atoms with Crippen LogP contribution in [0.3, 0.4) is 0 Å². The summed E-state index contributed by atoms with van der Waals surface area (Å²) in [6.45, 7) is 3.13. The lowest BCUT2D eigenvalue weighted by Crippen LogP contribution is -2.40. The van der Waals surface area contributed by atoms with E-state index in [1.807, 2.05) is 0 Å². The lowest BCUT2D eigenvalue weighted by atomic mass is 9.92. The van der Waals surface area contributed by atoms with Crippen LogP contribution in [0, 0.1) is 5.92 Å². The van der Waals surface area contributed by atoms with Crippen LogP contribution >= 0.6 is 34.5 Å². The quantitative estimate of drug-likeness (QED) is 0.911. The third-order valence-corrected chi connectivity index (χ3v) is 4.88. The second-order valence-corrected chi connectivity index (χ2v) is 6.89. The summed E-state index contributed by atoms with van der Waals surface area (Å²) in [5.74, 6) is 0.225. The van der Waals surface area contributed by atoms with Gasteiger partial charge in [0.2, 0.25) is 0 Å². The molecule has 6 heteroatoms. The van der Waals surface area contributed by atoms with Gasteiger partial charge in [-0.2, -0.15) is 0 Å². The molecular weight excluding hydrogens is 293 g/mol. The van der Waals surface area contributed by atoms with Crippen molar-refractivity contribution in [1.29, 1.82) is 0 Å². The fourth-order valence-electron chi connectivity index (χ4n) is 2.24. The van der Waals surface area contributed by atoms with Crippen LogP contribution in [0.5, 0.6) is 0 Å². The summed E-state index contributed by atoms with van der Waals surface area (Å²) < 4.78 is 0.977. The first kappa shape index (κ1) is 14.1. The highest BCUT2D eigenvalue weighted by molar-refractivity contribution is 7.20. The summed E-state index contributed by atoms with van der Waals surface area (Å²) in [6.07, 6.45) is 1.36. The lowest BCUT2D eigenvalue weighted by molar-refractivity contribution is 0.0522. The summed E-state index contributed by atoms with van der Waals surface area (Å²) in [7, 11) is 0. The number of rotatable bonds is 2. The second kappa shape index (κ2) is 5.78. The van der Waals surface area contributed by atoms with Gasteiger partial charge in [0.15, 0.2) is 0 Å². The molecule has 0 bridgehead atoms. The maximum atomic E-state index is 12.2. The van der Waals surface area contributed by atoms with Gasteiger partial charge >= 0.3 is 0 Å². The summed E-state index contributed by atoms with van der Waals surface area (Å²) in [5.41, 5.74) is 0.488. The summed E-state index contributed by atoms with van der Waals surface area (Å²) >= 11 is 13.0. The predicted octanol–water partition coefficient (Wildman–Crippen LogP) is 3.29. The van der Waals surface area contributed by atoms with Crippen molar-refractivity contribution in [3.05, 3.63) is 20.3 Å². The molecule has 100 valence electrons. The highest BCUT2D eigenvalue weighted by Crippen LogP contribution is 2.32. The van der Waals surface area contributed by atoms with E-state index in [-0.39, 0.29) is 17.9 Å². The Morgan fingerprint density at radius 1 is 1.50 bits per heavy atom. The van der Waals surface area contributed by atoms with Gasteiger partial charge in [-0.25, -0.2) is 0 Å². The second-order valence-electron chi connectivity index (χ2n) is 4.61. The van der Waals surface area contributed by atoms with Crippen molar-refractivity contribution in [2.24, 2.45) is 5.92 Å². The number of carbonyl (C=O) groups excluding carboxylic acids is 1. The molecule has 1 aromatic rings. The van der Waals surface area contributed by atoms with E-state index in [1.165, 1.54) is 11.3 Å². The topological polar surface area (TPSA) is 40.5 Å². The van der Waals surface area contributed by atoms with Gasteiger partial charge in [0.1, 0.15) is 4.34 Å². The average molecular weight is 308 g/mol. The van der Waals surface area contributed by atoms with E-state index in [2.05, 4.69) is 0 Å². The maximum Gasteiger partial charge on any atom is 0.256 e. The number of halogens is 2. The van der Waals surface area contributed by atoms with E-state index >= 15 is 0 Å². The van der Waals surface area contributed by atoms with Crippen LogP contribution in [0.15, 0.2) is 6.07 Å². The predicted molar refractivity (Wildman–Crippen MR) is 74.6 cm³/mol. The molecule has 1 fully saturated rings. The largest absolute Gasteiger partial charge is 0.393 e. The Morgan fingerprint density at radius 3 is 2.56 bits per heavy atom. The molecule has 0 radical (unpaired) electrons. The Balaban J connectivity index is 2.02. The number of piperidine rings is 1. The molecule has 1 atom stereocenters. The molecule has 0 saturated carbocycles. The first-order valence-electron chi connectivity index (χ1n) is 5.91. The number of hydrogen-bond acceptors (Lipinski definition) is 3. The molecule has 0 aliphatic carbocycles. The van der Waals surface area contributed by atoms with E-state index in [4.69, 9.17) is 23.2 Å². The molecule has 18 heavy (non-hydrogen) atoms. The van der Waals surface area contributed by atoms with Crippen LogP contribution in [0.4, 0.5) is 0 Å². The van der Waals surface area contributed by atoms with Crippen LogP contribution in [0.25, 0.3) is 0 Å². The van der Waals surface area contributed by atoms with Gasteiger partial charge in [0.05, 0.1) is 16.0 Å². The molecule has 1 amide bonds. The number of aliphatic hydroxyl groups is 1. The van der Waals surface area contributed by atoms with Gasteiger partial charge in [0.25, 0.3) is 5.91 Å². The van der Waals surface area contributed by atoms with Gasteiger partial charge < -0.3 is 10.0 Å². The number of aliphatic hydroxyl groups excluding tert-OH is 1. The zero-order valence-corrected chi connectivity index (χ0v) is 12.4. The maximum absolute atomic E-state index is 12.2. The van der Waals surface area contributed by atoms with Crippen molar-refractivity contribution in [3.63, 3.8) is 0 Å². The number of thiophene rings is 1. The normalized spacial score (nSPS) is 19.0. The zero-order valence-electron chi connectivity index (χ0n) is 10.0. The molecule has 1 saturated heterocycles. The van der Waals surface area contributed by atoms with Crippen molar-refractivity contribution < 1.29 is 9.90 Å². The number of hydrogen-bond donors (Lipinski definition) is 1. The Kier molecular flexibility index (Phi) is 4.54. The Labute approximate surface area is 120 Å². The average Bonchev–Trinajstić information content (AvgIpc) is 2.67. The first-order chi connectivity index (χ1) is 8.49. The standard InChI is InChI=1S/C12H15Cl2NO2S/c1-7(16)8-2-4-15(5-3-8)12(17)9-6-10(13)18-11(9)14/h6-8,16H,2-5H2,1H3. The van der Waals surface area contributed by atoms with Crippen molar-refractivity contribution in [2.75, 3.05) is 13.1 Å². The van der Waals surface area contributed by atoms with Crippen LogP contribution in [-0.2, 0) is 0 Å². The SMILES string of the molecule is CC(O)C1CCN(C(=O)c2cc(Cl)sc2Cl)CC1. The lowest BCUT2D eigenvalue weighted by Gasteiger charge is -2.33. The van der Waals surface area contributed by atoms with Gasteiger partial charge in [-0.05, 0) is 31.7 Å². The Bertz CT molecular complexity index is 439. The Hall–Kier alpha value is -0.290. The van der Waals surface area contributed by atoms with Gasteiger partial charge in [0, 0.05) is 13.1 Å². The molecule has 0 aromatic carbocycles. The third kappa shape index (κ3) is 2.99. The molecule has 1 aromatic heterocycles. The molecule has 0 spiro atoms. The molecular formula is C12H15Cl2NO2S. The number of amides is 1. The van der Waals surface area contributed by atoms with Crippen LogP contribution in [0.2, 0.25) is 8.67 Å². The smallest absolute Gasteiger partial charge is 0.256 e. The van der Waals surface area contributed by atoms with E-state index in [9.17, 15) is 9.90 Å². The molecule has 2 rings (SSSR count). The van der Waals surface area contributed by atoms with E-state index in [0.29, 0.717) is 27.3 Å². The van der Waals surface area contributed by atoms with Gasteiger partial charge in [-0.1, -0.05) is 23.2 Å². The van der Waals surface area contributed by atoms with Crippen molar-refractivity contribution in [1.82, 2.24) is 4.90 Å². The van der Waals surface area contributed by atoms with Crippen molar-refractivity contribution in [2.45, 2.75) is 25.9 Å². The van der Waals surface area contributed by atoms with E-state index in [1.54, 1.807) is 17.9 Å². The molecule has 2 heterocycles. The van der Waals surface area contributed by atoms with Crippen LogP contribution < -0.4 is 0 Å². The molecule has 1 N–H and O–H groups in total. The molecule has 1 unspecified atom stereocenters. The van der Waals surface area contributed by atoms with E-state index in [0.717, 1.165) is 12.8 Å². The zero-order chi connectivity index (χ0) is 13.3. The van der Waals surface area contributed by atoms with Crippen molar-refractivity contribution >= 4 is 40.4 Å². The molecule has 1 aliphatic rings. The molecule has 3 nitrogen and oxygen atoms in total. The van der Waals surface area contributed by atoms with Crippen LogP contribution in [-0.4, -0.2) is 35.1 Å². The Morgan fingerprint density at radius 2 is 2.11 bits per heavy atom. The van der Waals surface area contributed by atoms with Crippen LogP contribution in [0.1, 0.15) is 30.1 Å². The van der Waals surface area contributed by atoms with Crippen molar-refractivity contribution in [3.8, 4) is 0 Å². The van der Waals surface area contributed by atoms with Gasteiger partial charge in [-0.3, -0.25) is 4.79 Å². The summed E-state index contributed by atoms with van der Waals surface area (Å²) in [6, 6.07) is 1.62. The molecule has 1 aliphatic heterocycles. The minimum absolute atomic E-state index is 0.0628. The highest BCUT2D eigenvalue weighted by atomic mass is 35.5. The van der Waals surface area contributed by atoms with E-state index < -0.39 is 0 Å². The third-order valence-electron chi connectivity index (χ3n) is 3.40. The summed E-state index contributed by atoms with van der Waals surface area (Å²) in [4.78, 5) is 14.0. The highest BCUT2D eigenvalue weighted by Gasteiger charge is 2.27. The number of likely N-dealkylation sites (tertiary alicyclic amines) is 1. The monoisotopic (exact) mass is 307 g/mol. The van der Waals surface area contributed by atoms with Gasteiger partial charge in [-0.15, -0.1) is 11.3 Å². The summed E-state index contributed by atoms with van der Waals surface area (Å²) in [5, 5.41) is 9.53. The number of nitrogens with zero attached hydrogens (tertiary/aromatic N) is 1. The fraction of sp³-hybridized carbons (Fsp3) is 0.583. The minimum atomic E-state index is -0.304.